The van der Waals surface area contributed by atoms with Crippen LogP contribution >= 0.6 is 0 Å². The van der Waals surface area contributed by atoms with Crippen LogP contribution in [0.3, 0.4) is 0 Å². The molecule has 0 radical (unpaired) electrons. The van der Waals surface area contributed by atoms with Gasteiger partial charge in [-0.05, 0) is 13.0 Å². The Morgan fingerprint density at radius 1 is 1.48 bits per heavy atom. The predicted octanol–water partition coefficient (Wildman–Crippen LogP) is 1.85. The lowest BCUT2D eigenvalue weighted by molar-refractivity contribution is 0.0524. The van der Waals surface area contributed by atoms with Gasteiger partial charge in [-0.2, -0.15) is 4.39 Å². The number of hydrogen-bond acceptors (Lipinski definition) is 4. The number of pyridine rings is 1. The monoisotopic (exact) mass is 295 g/mol. The van der Waals surface area contributed by atoms with E-state index < -0.39 is 23.0 Å². The third-order valence-corrected chi connectivity index (χ3v) is 3.29. The van der Waals surface area contributed by atoms with Crippen molar-refractivity contribution in [1.29, 1.82) is 0 Å². The molecule has 2 aromatic rings. The molecule has 0 bridgehead atoms. The first-order valence-corrected chi connectivity index (χ1v) is 6.39. The fraction of sp³-hybridized carbons (Fsp3) is 0.286. The Morgan fingerprint density at radius 3 is 2.95 bits per heavy atom. The molecular weight excluding hydrogens is 284 g/mol. The summed E-state index contributed by atoms with van der Waals surface area (Å²) in [6, 6.07) is 0.782. The molecule has 0 aliphatic carbocycles. The van der Waals surface area contributed by atoms with Gasteiger partial charge in [0, 0.05) is 6.20 Å². The van der Waals surface area contributed by atoms with E-state index in [1.807, 2.05) is 0 Å². The molecule has 0 saturated heterocycles. The van der Waals surface area contributed by atoms with Crippen LogP contribution in [0.1, 0.15) is 17.3 Å². The summed E-state index contributed by atoms with van der Waals surface area (Å²) in [5.74, 6) is -3.42. The minimum absolute atomic E-state index is 0.103. The molecular formula is C14H11F2NO4. The van der Waals surface area contributed by atoms with E-state index in [1.54, 1.807) is 6.92 Å². The Bertz CT molecular complexity index is 813. The van der Waals surface area contributed by atoms with Crippen molar-refractivity contribution in [2.24, 2.45) is 0 Å². The molecule has 0 saturated carbocycles. The molecule has 0 fully saturated rings. The van der Waals surface area contributed by atoms with Gasteiger partial charge in [0.1, 0.15) is 12.2 Å². The highest BCUT2D eigenvalue weighted by atomic mass is 19.2. The van der Waals surface area contributed by atoms with E-state index in [0.717, 1.165) is 6.07 Å². The van der Waals surface area contributed by atoms with E-state index in [9.17, 15) is 18.4 Å². The molecule has 1 aromatic carbocycles. The lowest BCUT2D eigenvalue weighted by Gasteiger charge is -2.21. The highest BCUT2D eigenvalue weighted by Gasteiger charge is 2.25. The molecule has 5 nitrogen and oxygen atoms in total. The molecule has 0 amide bonds. The van der Waals surface area contributed by atoms with E-state index in [0.29, 0.717) is 6.54 Å². The van der Waals surface area contributed by atoms with Crippen molar-refractivity contribution < 1.29 is 23.0 Å². The quantitative estimate of drug-likeness (QED) is 0.793. The highest BCUT2D eigenvalue weighted by Crippen LogP contribution is 2.32. The number of esters is 1. The number of rotatable bonds is 2. The number of halogens is 2. The number of nitrogens with zero attached hydrogens (tertiary/aromatic N) is 1. The average Bonchev–Trinajstić information content (AvgIpc) is 2.47. The summed E-state index contributed by atoms with van der Waals surface area (Å²) in [6.45, 7) is 2.17. The SMILES string of the molecule is CCOC(=O)c1cn2c3c(c(F)c(F)cc3c1=O)OCC2. The third-order valence-electron chi connectivity index (χ3n) is 3.29. The van der Waals surface area contributed by atoms with Crippen LogP contribution in [0.5, 0.6) is 5.75 Å². The van der Waals surface area contributed by atoms with Crippen molar-refractivity contribution in [3.05, 3.63) is 39.7 Å². The van der Waals surface area contributed by atoms with Crippen LogP contribution in [0.15, 0.2) is 17.1 Å². The van der Waals surface area contributed by atoms with E-state index >= 15 is 0 Å². The van der Waals surface area contributed by atoms with Crippen LogP contribution in [0, 0.1) is 11.6 Å². The number of carbonyl (C=O) groups is 1. The van der Waals surface area contributed by atoms with Crippen molar-refractivity contribution in [2.45, 2.75) is 13.5 Å². The largest absolute Gasteiger partial charge is 0.486 e. The maximum absolute atomic E-state index is 13.8. The first kappa shape index (κ1) is 13.5. The summed E-state index contributed by atoms with van der Waals surface area (Å²) in [5.41, 5.74) is -0.758. The van der Waals surface area contributed by atoms with Gasteiger partial charge in [-0.1, -0.05) is 0 Å². The number of ether oxygens (including phenoxy) is 2. The second-order valence-electron chi connectivity index (χ2n) is 4.53. The third kappa shape index (κ3) is 1.96. The minimum atomic E-state index is -1.19. The van der Waals surface area contributed by atoms with Crippen molar-refractivity contribution in [2.75, 3.05) is 13.2 Å². The molecule has 1 aliphatic rings. The van der Waals surface area contributed by atoms with Crippen LogP contribution in [0.25, 0.3) is 10.9 Å². The fourth-order valence-electron chi connectivity index (χ4n) is 2.38. The Kier molecular flexibility index (Phi) is 3.12. The van der Waals surface area contributed by atoms with Crippen LogP contribution in [0.2, 0.25) is 0 Å². The molecule has 0 atom stereocenters. The van der Waals surface area contributed by atoms with Crippen LogP contribution in [0.4, 0.5) is 8.78 Å². The van der Waals surface area contributed by atoms with Crippen LogP contribution < -0.4 is 10.2 Å². The lowest BCUT2D eigenvalue weighted by Crippen LogP contribution is -2.25. The first-order chi connectivity index (χ1) is 10.0. The molecule has 1 aliphatic heterocycles. The van der Waals surface area contributed by atoms with Gasteiger partial charge in [0.05, 0.1) is 24.1 Å². The molecule has 3 rings (SSSR count). The van der Waals surface area contributed by atoms with E-state index in [4.69, 9.17) is 9.47 Å². The van der Waals surface area contributed by atoms with Gasteiger partial charge in [-0.25, -0.2) is 9.18 Å². The van der Waals surface area contributed by atoms with Crippen molar-refractivity contribution >= 4 is 16.9 Å². The van der Waals surface area contributed by atoms with Crippen molar-refractivity contribution in [3.8, 4) is 5.75 Å². The first-order valence-electron chi connectivity index (χ1n) is 6.39. The van der Waals surface area contributed by atoms with Crippen LogP contribution in [-0.2, 0) is 11.3 Å². The van der Waals surface area contributed by atoms with Gasteiger partial charge < -0.3 is 14.0 Å². The zero-order valence-corrected chi connectivity index (χ0v) is 11.1. The van der Waals surface area contributed by atoms with Crippen molar-refractivity contribution in [3.63, 3.8) is 0 Å². The summed E-state index contributed by atoms with van der Waals surface area (Å²) in [6.07, 6.45) is 1.30. The second-order valence-corrected chi connectivity index (χ2v) is 4.53. The van der Waals surface area contributed by atoms with Gasteiger partial charge >= 0.3 is 5.97 Å². The normalized spacial score (nSPS) is 13.1. The zero-order valence-electron chi connectivity index (χ0n) is 11.1. The van der Waals surface area contributed by atoms with Gasteiger partial charge in [0.25, 0.3) is 0 Å². The average molecular weight is 295 g/mol. The molecule has 21 heavy (non-hydrogen) atoms. The second kappa shape index (κ2) is 4.83. The standard InChI is InChI=1S/C14H11F2NO4/c1-2-20-14(19)8-6-17-3-4-21-13-10(16)9(15)5-7(11(13)17)12(8)18/h5-6H,2-4H2,1H3. The Morgan fingerprint density at radius 2 is 2.24 bits per heavy atom. The van der Waals surface area contributed by atoms with E-state index in [1.165, 1.54) is 10.8 Å². The maximum Gasteiger partial charge on any atom is 0.343 e. The van der Waals surface area contributed by atoms with Crippen molar-refractivity contribution in [1.82, 2.24) is 4.57 Å². The van der Waals surface area contributed by atoms with Gasteiger partial charge in [0.2, 0.25) is 11.2 Å². The Hall–Kier alpha value is -2.44. The number of hydrogen-bond donors (Lipinski definition) is 0. The zero-order chi connectivity index (χ0) is 15.1. The molecule has 0 unspecified atom stereocenters. The summed E-state index contributed by atoms with van der Waals surface area (Å²) >= 11 is 0. The highest BCUT2D eigenvalue weighted by molar-refractivity contribution is 5.95. The Labute approximate surface area is 117 Å². The molecule has 0 N–H and O–H groups in total. The van der Waals surface area contributed by atoms with Gasteiger partial charge in [-0.3, -0.25) is 4.79 Å². The molecule has 110 valence electrons. The minimum Gasteiger partial charge on any atom is -0.486 e. The molecule has 2 heterocycles. The Balaban J connectivity index is 2.38. The van der Waals surface area contributed by atoms with Gasteiger partial charge in [0.15, 0.2) is 11.6 Å². The summed E-state index contributed by atoms with van der Waals surface area (Å²) in [4.78, 5) is 24.1. The summed E-state index contributed by atoms with van der Waals surface area (Å²) in [5, 5.41) is -0.103. The van der Waals surface area contributed by atoms with Crippen LogP contribution in [-0.4, -0.2) is 23.8 Å². The molecule has 1 aromatic heterocycles. The number of benzene rings is 1. The fourth-order valence-corrected chi connectivity index (χ4v) is 2.38. The van der Waals surface area contributed by atoms with E-state index in [2.05, 4.69) is 0 Å². The van der Waals surface area contributed by atoms with E-state index in [-0.39, 0.29) is 35.4 Å². The summed E-state index contributed by atoms with van der Waals surface area (Å²) < 4.78 is 38.8. The topological polar surface area (TPSA) is 57.5 Å². The lowest BCUT2D eigenvalue weighted by atomic mass is 10.1. The number of carbonyl (C=O) groups excluding carboxylic acids is 1. The maximum atomic E-state index is 13.8. The smallest absolute Gasteiger partial charge is 0.343 e. The van der Waals surface area contributed by atoms with Gasteiger partial charge in [-0.15, -0.1) is 0 Å². The predicted molar refractivity (Wildman–Crippen MR) is 69.6 cm³/mol. The molecule has 0 spiro atoms. The number of aromatic nitrogens is 1. The summed E-state index contributed by atoms with van der Waals surface area (Å²) in [7, 11) is 0. The molecule has 7 heteroatoms.